The highest BCUT2D eigenvalue weighted by atomic mass is 32.2. The van der Waals surface area contributed by atoms with Crippen LogP contribution in [0.3, 0.4) is 0 Å². The van der Waals surface area contributed by atoms with Gasteiger partial charge in [-0.15, -0.1) is 0 Å². The average molecular weight is 452 g/mol. The van der Waals surface area contributed by atoms with Crippen molar-refractivity contribution < 1.29 is 17.9 Å². The summed E-state index contributed by atoms with van der Waals surface area (Å²) >= 11 is 0. The zero-order valence-corrected chi connectivity index (χ0v) is 18.7. The number of hydrogen-bond acceptors (Lipinski definition) is 4. The summed E-state index contributed by atoms with van der Waals surface area (Å²) < 4.78 is 33.7. The molecule has 2 amide bonds. The Labute approximate surface area is 188 Å². The van der Waals surface area contributed by atoms with Crippen LogP contribution in [-0.2, 0) is 10.0 Å². The van der Waals surface area contributed by atoms with Crippen LogP contribution in [0.5, 0.6) is 5.75 Å². The largest absolute Gasteiger partial charge is 0.497 e. The number of rotatable bonds is 5. The highest BCUT2D eigenvalue weighted by Crippen LogP contribution is 2.36. The molecule has 1 aliphatic heterocycles. The molecule has 166 valence electrons. The van der Waals surface area contributed by atoms with E-state index < -0.39 is 16.2 Å². The third-order valence-electron chi connectivity index (χ3n) is 5.46. The Kier molecular flexibility index (Phi) is 6.16. The molecule has 4 rings (SSSR count). The lowest BCUT2D eigenvalue weighted by Crippen LogP contribution is -2.39. The van der Waals surface area contributed by atoms with Gasteiger partial charge in [-0.05, 0) is 48.9 Å². The fourth-order valence-electron chi connectivity index (χ4n) is 3.76. The first-order valence-electron chi connectivity index (χ1n) is 10.3. The Bertz CT molecular complexity index is 1180. The lowest BCUT2D eigenvalue weighted by atomic mass is 10.1. The Morgan fingerprint density at radius 3 is 2.22 bits per heavy atom. The monoisotopic (exact) mass is 451 g/mol. The molecule has 1 unspecified atom stereocenters. The fourth-order valence-corrected chi connectivity index (χ4v) is 5.33. The number of para-hydroxylation sites is 1. The molecule has 3 aromatic rings. The predicted molar refractivity (Wildman–Crippen MR) is 123 cm³/mol. The van der Waals surface area contributed by atoms with Crippen LogP contribution in [0.4, 0.5) is 10.5 Å². The molecule has 0 aromatic heterocycles. The van der Waals surface area contributed by atoms with Crippen molar-refractivity contribution in [3.05, 3.63) is 90.0 Å². The Hall–Kier alpha value is -3.36. The molecule has 1 aliphatic rings. The lowest BCUT2D eigenvalue weighted by molar-refractivity contribution is 0.188. The Morgan fingerprint density at radius 1 is 0.938 bits per heavy atom. The maximum absolute atomic E-state index is 13.5. The first-order valence-corrected chi connectivity index (χ1v) is 11.7. The number of benzene rings is 3. The molecule has 0 spiro atoms. The minimum atomic E-state index is -3.83. The summed E-state index contributed by atoms with van der Waals surface area (Å²) in [5, 5.41) is 2.87. The lowest BCUT2D eigenvalue weighted by Gasteiger charge is -2.30. The first-order chi connectivity index (χ1) is 15.4. The SMILES string of the molecule is COc1ccc(C2N(C(=O)Nc3ccccc3)CCN2S(=O)(=O)c2ccc(C)cc2)cc1. The van der Waals surface area contributed by atoms with Gasteiger partial charge in [-0.3, -0.25) is 0 Å². The number of carbonyl (C=O) groups is 1. The van der Waals surface area contributed by atoms with Crippen molar-refractivity contribution in [2.45, 2.75) is 18.0 Å². The van der Waals surface area contributed by atoms with Gasteiger partial charge in [0.05, 0.1) is 12.0 Å². The molecule has 0 aliphatic carbocycles. The molecule has 0 saturated carbocycles. The van der Waals surface area contributed by atoms with Crippen molar-refractivity contribution in [2.75, 3.05) is 25.5 Å². The van der Waals surface area contributed by atoms with Crippen molar-refractivity contribution in [2.24, 2.45) is 0 Å². The van der Waals surface area contributed by atoms with Crippen LogP contribution in [0, 0.1) is 6.92 Å². The average Bonchev–Trinajstić information content (AvgIpc) is 3.26. The van der Waals surface area contributed by atoms with E-state index in [4.69, 9.17) is 4.74 Å². The van der Waals surface area contributed by atoms with Crippen molar-refractivity contribution >= 4 is 21.7 Å². The van der Waals surface area contributed by atoms with Gasteiger partial charge >= 0.3 is 6.03 Å². The van der Waals surface area contributed by atoms with Gasteiger partial charge in [0.2, 0.25) is 10.0 Å². The normalized spacial score (nSPS) is 16.7. The molecule has 1 saturated heterocycles. The van der Waals surface area contributed by atoms with Crippen molar-refractivity contribution in [3.8, 4) is 5.75 Å². The zero-order valence-electron chi connectivity index (χ0n) is 17.9. The zero-order chi connectivity index (χ0) is 22.7. The number of nitrogens with one attached hydrogen (secondary N) is 1. The molecule has 1 atom stereocenters. The highest BCUT2D eigenvalue weighted by molar-refractivity contribution is 7.89. The van der Waals surface area contributed by atoms with Gasteiger partial charge in [-0.25, -0.2) is 13.2 Å². The van der Waals surface area contributed by atoms with Crippen LogP contribution in [0.2, 0.25) is 0 Å². The Morgan fingerprint density at radius 2 is 1.59 bits per heavy atom. The number of urea groups is 1. The van der Waals surface area contributed by atoms with Crippen LogP contribution < -0.4 is 10.1 Å². The van der Waals surface area contributed by atoms with Crippen LogP contribution in [-0.4, -0.2) is 43.9 Å². The molecule has 1 N–H and O–H groups in total. The Balaban J connectivity index is 1.70. The number of ether oxygens (including phenoxy) is 1. The number of anilines is 1. The summed E-state index contributed by atoms with van der Waals surface area (Å²) in [7, 11) is -2.26. The topological polar surface area (TPSA) is 79.0 Å². The van der Waals surface area contributed by atoms with Crippen LogP contribution >= 0.6 is 0 Å². The van der Waals surface area contributed by atoms with E-state index in [1.165, 1.54) is 4.31 Å². The second-order valence-corrected chi connectivity index (χ2v) is 9.46. The van der Waals surface area contributed by atoms with Gasteiger partial charge in [-0.1, -0.05) is 48.0 Å². The van der Waals surface area contributed by atoms with E-state index in [2.05, 4.69) is 5.32 Å². The smallest absolute Gasteiger partial charge is 0.323 e. The van der Waals surface area contributed by atoms with Crippen LogP contribution in [0.15, 0.2) is 83.8 Å². The fraction of sp³-hybridized carbons (Fsp3) is 0.208. The predicted octanol–water partition coefficient (Wildman–Crippen LogP) is 4.24. The van der Waals surface area contributed by atoms with E-state index in [9.17, 15) is 13.2 Å². The second-order valence-electron chi connectivity index (χ2n) is 7.57. The molecule has 1 fully saturated rings. The molecule has 7 nitrogen and oxygen atoms in total. The molecule has 0 radical (unpaired) electrons. The molecular formula is C24H25N3O4S. The summed E-state index contributed by atoms with van der Waals surface area (Å²) in [6.45, 7) is 2.36. The molecule has 1 heterocycles. The number of sulfonamides is 1. The van der Waals surface area contributed by atoms with Gasteiger partial charge in [0.25, 0.3) is 0 Å². The van der Waals surface area contributed by atoms with Crippen LogP contribution in [0.25, 0.3) is 0 Å². The second kappa shape index (κ2) is 9.02. The number of aryl methyl sites for hydroxylation is 1. The molecule has 32 heavy (non-hydrogen) atoms. The molecule has 8 heteroatoms. The van der Waals surface area contributed by atoms with E-state index in [0.29, 0.717) is 17.0 Å². The van der Waals surface area contributed by atoms with E-state index in [-0.39, 0.29) is 24.0 Å². The van der Waals surface area contributed by atoms with Gasteiger partial charge in [0, 0.05) is 18.8 Å². The third kappa shape index (κ3) is 4.32. The van der Waals surface area contributed by atoms with Crippen molar-refractivity contribution in [1.82, 2.24) is 9.21 Å². The summed E-state index contributed by atoms with van der Waals surface area (Å²) in [5.41, 5.74) is 2.30. The highest BCUT2D eigenvalue weighted by Gasteiger charge is 2.43. The summed E-state index contributed by atoms with van der Waals surface area (Å²) in [5.74, 6) is 0.653. The summed E-state index contributed by atoms with van der Waals surface area (Å²) in [6.07, 6.45) is -0.782. The molecule has 3 aromatic carbocycles. The van der Waals surface area contributed by atoms with Gasteiger partial charge in [0.1, 0.15) is 11.9 Å². The van der Waals surface area contributed by atoms with E-state index in [1.54, 1.807) is 72.7 Å². The number of methoxy groups -OCH3 is 1. The maximum Gasteiger partial charge on any atom is 0.323 e. The summed E-state index contributed by atoms with van der Waals surface area (Å²) in [4.78, 5) is 14.9. The van der Waals surface area contributed by atoms with Crippen molar-refractivity contribution in [1.29, 1.82) is 0 Å². The number of amides is 2. The minimum Gasteiger partial charge on any atom is -0.497 e. The molecular weight excluding hydrogens is 426 g/mol. The van der Waals surface area contributed by atoms with Gasteiger partial charge in [0.15, 0.2) is 0 Å². The number of carbonyl (C=O) groups excluding carboxylic acids is 1. The van der Waals surface area contributed by atoms with Crippen LogP contribution in [0.1, 0.15) is 17.3 Å². The standard InChI is InChI=1S/C24H25N3O4S/c1-18-8-14-22(15-9-18)32(29,30)27-17-16-26(24(28)25-20-6-4-3-5-7-20)23(27)19-10-12-21(31-2)13-11-19/h3-15,23H,16-17H2,1-2H3,(H,25,28). The van der Waals surface area contributed by atoms with E-state index in [1.807, 2.05) is 25.1 Å². The number of hydrogen-bond donors (Lipinski definition) is 1. The van der Waals surface area contributed by atoms with E-state index in [0.717, 1.165) is 5.56 Å². The van der Waals surface area contributed by atoms with Gasteiger partial charge < -0.3 is 15.0 Å². The van der Waals surface area contributed by atoms with Gasteiger partial charge in [-0.2, -0.15) is 4.31 Å². The number of nitrogens with zero attached hydrogens (tertiary/aromatic N) is 2. The maximum atomic E-state index is 13.5. The third-order valence-corrected chi connectivity index (χ3v) is 7.32. The van der Waals surface area contributed by atoms with E-state index >= 15 is 0 Å². The quantitative estimate of drug-likeness (QED) is 0.629. The van der Waals surface area contributed by atoms with Crippen molar-refractivity contribution in [3.63, 3.8) is 0 Å². The molecule has 0 bridgehead atoms. The minimum absolute atomic E-state index is 0.190. The summed E-state index contributed by atoms with van der Waals surface area (Å²) in [6, 6.07) is 22.6. The first kappa shape index (κ1) is 21.9.